The number of nitrogens with zero attached hydrogens (tertiary/aromatic N) is 1. The summed E-state index contributed by atoms with van der Waals surface area (Å²) in [5.41, 5.74) is 0.610. The molecule has 3 N–H and O–H groups in total. The molecule has 0 heterocycles. The van der Waals surface area contributed by atoms with Crippen molar-refractivity contribution in [1.29, 1.82) is 0 Å². The number of likely N-dealkylation sites (N-methyl/N-ethyl adjacent to an activating group) is 1. The molecule has 0 unspecified atom stereocenters. The van der Waals surface area contributed by atoms with Crippen molar-refractivity contribution in [2.45, 2.75) is 44.7 Å². The zero-order valence-corrected chi connectivity index (χ0v) is 15.1. The summed E-state index contributed by atoms with van der Waals surface area (Å²) in [6, 6.07) is 9.32. The number of rotatable bonds is 10. The standard InChI is InChI=1S/C19H27N3O4/c1-2-22(13-18(24)25)16-11-15(12-16)21-17(23)9-6-10-20-19(26)14-7-4-3-5-8-14/h3-5,7-8,15-16H,2,6,9-13H2,1H3,(H,20,26)(H,21,23)(H,24,25). The van der Waals surface area contributed by atoms with Gasteiger partial charge >= 0.3 is 5.97 Å². The van der Waals surface area contributed by atoms with Gasteiger partial charge in [-0.15, -0.1) is 0 Å². The fourth-order valence-electron chi connectivity index (χ4n) is 3.12. The van der Waals surface area contributed by atoms with E-state index in [1.807, 2.05) is 30.0 Å². The van der Waals surface area contributed by atoms with Gasteiger partial charge in [0.05, 0.1) is 6.54 Å². The second-order valence-electron chi connectivity index (χ2n) is 6.57. The summed E-state index contributed by atoms with van der Waals surface area (Å²) < 4.78 is 0. The molecule has 7 nitrogen and oxygen atoms in total. The Bertz CT molecular complexity index is 614. The van der Waals surface area contributed by atoms with E-state index in [0.29, 0.717) is 31.5 Å². The van der Waals surface area contributed by atoms with Crippen molar-refractivity contribution in [3.8, 4) is 0 Å². The topological polar surface area (TPSA) is 98.7 Å². The maximum absolute atomic E-state index is 12.0. The molecule has 0 aliphatic heterocycles. The number of hydrogen-bond donors (Lipinski definition) is 3. The van der Waals surface area contributed by atoms with Crippen LogP contribution in [0.5, 0.6) is 0 Å². The van der Waals surface area contributed by atoms with Crippen molar-refractivity contribution < 1.29 is 19.5 Å². The molecule has 1 saturated carbocycles. The number of carbonyl (C=O) groups is 3. The van der Waals surface area contributed by atoms with Gasteiger partial charge in [0.25, 0.3) is 5.91 Å². The Morgan fingerprint density at radius 1 is 1.19 bits per heavy atom. The zero-order chi connectivity index (χ0) is 18.9. The van der Waals surface area contributed by atoms with Crippen LogP contribution in [0.15, 0.2) is 30.3 Å². The summed E-state index contributed by atoms with van der Waals surface area (Å²) in [6.45, 7) is 3.14. The molecule has 1 fully saturated rings. The lowest BCUT2D eigenvalue weighted by Crippen LogP contribution is -2.54. The van der Waals surface area contributed by atoms with Crippen molar-refractivity contribution in [1.82, 2.24) is 15.5 Å². The van der Waals surface area contributed by atoms with E-state index >= 15 is 0 Å². The summed E-state index contributed by atoms with van der Waals surface area (Å²) in [5.74, 6) is -0.980. The minimum atomic E-state index is -0.822. The Kier molecular flexibility index (Phi) is 7.59. The first kappa shape index (κ1) is 19.9. The van der Waals surface area contributed by atoms with Gasteiger partial charge < -0.3 is 15.7 Å². The molecular weight excluding hydrogens is 334 g/mol. The lowest BCUT2D eigenvalue weighted by molar-refractivity contribution is -0.139. The third-order valence-electron chi connectivity index (χ3n) is 4.64. The van der Waals surface area contributed by atoms with Crippen LogP contribution in [0.4, 0.5) is 0 Å². The van der Waals surface area contributed by atoms with E-state index in [4.69, 9.17) is 5.11 Å². The van der Waals surface area contributed by atoms with Gasteiger partial charge in [-0.3, -0.25) is 19.3 Å². The van der Waals surface area contributed by atoms with Crippen LogP contribution in [-0.4, -0.2) is 59.5 Å². The first-order chi connectivity index (χ1) is 12.5. The molecule has 142 valence electrons. The highest BCUT2D eigenvalue weighted by atomic mass is 16.4. The third kappa shape index (κ3) is 6.15. The smallest absolute Gasteiger partial charge is 0.317 e. The molecule has 1 aliphatic rings. The molecule has 0 radical (unpaired) electrons. The van der Waals surface area contributed by atoms with Gasteiger partial charge in [0.1, 0.15) is 0 Å². The van der Waals surface area contributed by atoms with Crippen LogP contribution >= 0.6 is 0 Å². The Labute approximate surface area is 153 Å². The van der Waals surface area contributed by atoms with Crippen LogP contribution in [0.25, 0.3) is 0 Å². The normalized spacial score (nSPS) is 18.8. The summed E-state index contributed by atoms with van der Waals surface area (Å²) in [7, 11) is 0. The summed E-state index contributed by atoms with van der Waals surface area (Å²) in [6.07, 6.45) is 2.53. The lowest BCUT2D eigenvalue weighted by Gasteiger charge is -2.42. The average molecular weight is 361 g/mol. The van der Waals surface area contributed by atoms with Gasteiger partial charge in [0, 0.05) is 30.6 Å². The second-order valence-corrected chi connectivity index (χ2v) is 6.57. The molecule has 0 bridgehead atoms. The maximum atomic E-state index is 12.0. The zero-order valence-electron chi connectivity index (χ0n) is 15.1. The Balaban J connectivity index is 1.57. The molecule has 7 heteroatoms. The van der Waals surface area contributed by atoms with E-state index in [1.54, 1.807) is 12.1 Å². The molecule has 0 aromatic heterocycles. The van der Waals surface area contributed by atoms with Crippen LogP contribution in [0, 0.1) is 0 Å². The highest BCUT2D eigenvalue weighted by Crippen LogP contribution is 2.25. The minimum absolute atomic E-state index is 0.0244. The van der Waals surface area contributed by atoms with Gasteiger partial charge in [-0.2, -0.15) is 0 Å². The van der Waals surface area contributed by atoms with Crippen LogP contribution in [0.2, 0.25) is 0 Å². The van der Waals surface area contributed by atoms with E-state index in [9.17, 15) is 14.4 Å². The maximum Gasteiger partial charge on any atom is 0.317 e. The molecule has 1 aromatic carbocycles. The van der Waals surface area contributed by atoms with Crippen LogP contribution in [-0.2, 0) is 9.59 Å². The number of carboxylic acids is 1. The third-order valence-corrected chi connectivity index (χ3v) is 4.64. The predicted molar refractivity (Wildman–Crippen MR) is 97.8 cm³/mol. The van der Waals surface area contributed by atoms with E-state index < -0.39 is 5.97 Å². The number of carbonyl (C=O) groups excluding carboxylic acids is 2. The Morgan fingerprint density at radius 3 is 2.50 bits per heavy atom. The fourth-order valence-corrected chi connectivity index (χ4v) is 3.12. The van der Waals surface area contributed by atoms with E-state index in [-0.39, 0.29) is 30.4 Å². The molecular formula is C19H27N3O4. The first-order valence-electron chi connectivity index (χ1n) is 9.08. The average Bonchev–Trinajstić information content (AvgIpc) is 2.60. The first-order valence-corrected chi connectivity index (χ1v) is 9.08. The Hall–Kier alpha value is -2.41. The minimum Gasteiger partial charge on any atom is -0.480 e. The molecule has 0 spiro atoms. The molecule has 26 heavy (non-hydrogen) atoms. The van der Waals surface area contributed by atoms with Crippen molar-refractivity contribution in [2.75, 3.05) is 19.6 Å². The number of aliphatic carboxylic acids is 1. The molecule has 1 aliphatic carbocycles. The van der Waals surface area contributed by atoms with Gasteiger partial charge in [0.2, 0.25) is 5.91 Å². The van der Waals surface area contributed by atoms with Crippen LogP contribution < -0.4 is 10.6 Å². The van der Waals surface area contributed by atoms with Crippen LogP contribution in [0.3, 0.4) is 0 Å². The monoisotopic (exact) mass is 361 g/mol. The molecule has 1 aromatic rings. The van der Waals surface area contributed by atoms with Crippen LogP contribution in [0.1, 0.15) is 43.0 Å². The van der Waals surface area contributed by atoms with Gasteiger partial charge in [-0.1, -0.05) is 25.1 Å². The largest absolute Gasteiger partial charge is 0.480 e. The summed E-state index contributed by atoms with van der Waals surface area (Å²) >= 11 is 0. The summed E-state index contributed by atoms with van der Waals surface area (Å²) in [5, 5.41) is 14.7. The molecule has 0 saturated heterocycles. The van der Waals surface area contributed by atoms with E-state index in [0.717, 1.165) is 12.8 Å². The lowest BCUT2D eigenvalue weighted by atomic mass is 9.85. The highest BCUT2D eigenvalue weighted by Gasteiger charge is 2.34. The number of amides is 2. The Morgan fingerprint density at radius 2 is 1.88 bits per heavy atom. The molecule has 0 atom stereocenters. The van der Waals surface area contributed by atoms with Crippen molar-refractivity contribution in [3.63, 3.8) is 0 Å². The molecule has 2 rings (SSSR count). The number of hydrogen-bond acceptors (Lipinski definition) is 4. The van der Waals surface area contributed by atoms with Crippen molar-refractivity contribution in [2.24, 2.45) is 0 Å². The van der Waals surface area contributed by atoms with Crippen molar-refractivity contribution >= 4 is 17.8 Å². The fraction of sp³-hybridized carbons (Fsp3) is 0.526. The number of carboxylic acid groups (broad SMARTS) is 1. The highest BCUT2D eigenvalue weighted by molar-refractivity contribution is 5.94. The van der Waals surface area contributed by atoms with Gasteiger partial charge in [-0.25, -0.2) is 0 Å². The van der Waals surface area contributed by atoms with E-state index in [1.165, 1.54) is 0 Å². The number of nitrogens with one attached hydrogen (secondary N) is 2. The van der Waals surface area contributed by atoms with Gasteiger partial charge in [-0.05, 0) is 37.9 Å². The quantitative estimate of drug-likeness (QED) is 0.545. The number of benzene rings is 1. The SMILES string of the molecule is CCN(CC(=O)O)C1CC(NC(=O)CCCNC(=O)c2ccccc2)C1. The second kappa shape index (κ2) is 9.91. The van der Waals surface area contributed by atoms with E-state index in [2.05, 4.69) is 10.6 Å². The van der Waals surface area contributed by atoms with Crippen molar-refractivity contribution in [3.05, 3.63) is 35.9 Å². The summed E-state index contributed by atoms with van der Waals surface area (Å²) in [4.78, 5) is 36.6. The molecule has 2 amide bonds. The predicted octanol–water partition coefficient (Wildman–Crippen LogP) is 1.25. The van der Waals surface area contributed by atoms with Gasteiger partial charge in [0.15, 0.2) is 0 Å².